The molecule has 3 aliphatic rings. The fourth-order valence-electron chi connectivity index (χ4n) is 4.36. The van der Waals surface area contributed by atoms with Gasteiger partial charge in [0.15, 0.2) is 0 Å². The maximum Gasteiger partial charge on any atom is 0.272 e. The van der Waals surface area contributed by atoms with Crippen molar-refractivity contribution >= 4 is 17.3 Å². The number of anilines is 1. The number of nitrogens with zero attached hydrogens (tertiary/aromatic N) is 3. The number of benzene rings is 1. The van der Waals surface area contributed by atoms with E-state index in [9.17, 15) is 4.79 Å². The zero-order chi connectivity index (χ0) is 16.8. The van der Waals surface area contributed by atoms with E-state index in [-0.39, 0.29) is 11.8 Å². The normalized spacial score (nSPS) is 29.2. The van der Waals surface area contributed by atoms with Gasteiger partial charge in [0.05, 0.1) is 24.5 Å². The minimum absolute atomic E-state index is 0.0909. The lowest BCUT2D eigenvalue weighted by molar-refractivity contribution is -0.110. The second-order valence-corrected chi connectivity index (χ2v) is 7.36. The van der Waals surface area contributed by atoms with Crippen LogP contribution in [0.1, 0.15) is 24.8 Å². The van der Waals surface area contributed by atoms with Crippen molar-refractivity contribution in [2.24, 2.45) is 22.9 Å². The third-order valence-corrected chi connectivity index (χ3v) is 5.70. The number of carbonyl (C=O) groups is 1. The van der Waals surface area contributed by atoms with Gasteiger partial charge in [-0.05, 0) is 36.7 Å². The van der Waals surface area contributed by atoms with Gasteiger partial charge in [-0.25, -0.2) is 0 Å². The minimum atomic E-state index is -0.0909. The second-order valence-electron chi connectivity index (χ2n) is 7.36. The fourth-order valence-corrected chi connectivity index (χ4v) is 4.36. The van der Waals surface area contributed by atoms with Crippen molar-refractivity contribution in [1.29, 1.82) is 0 Å². The molecule has 1 aromatic heterocycles. The van der Waals surface area contributed by atoms with Gasteiger partial charge in [0, 0.05) is 12.1 Å². The Bertz CT molecular complexity index is 827. The summed E-state index contributed by atoms with van der Waals surface area (Å²) in [5.74, 6) is 1.66. The number of nitrogens with one attached hydrogen (secondary N) is 2. The summed E-state index contributed by atoms with van der Waals surface area (Å²) >= 11 is 0. The van der Waals surface area contributed by atoms with Gasteiger partial charge in [-0.2, -0.15) is 10.2 Å². The Morgan fingerprint density at radius 2 is 2.16 bits per heavy atom. The Labute approximate surface area is 146 Å². The Morgan fingerprint density at radius 3 is 3.04 bits per heavy atom. The summed E-state index contributed by atoms with van der Waals surface area (Å²) in [5, 5.41) is 11.7. The van der Waals surface area contributed by atoms with Gasteiger partial charge in [0.25, 0.3) is 5.91 Å². The van der Waals surface area contributed by atoms with Crippen LogP contribution in [0.4, 0.5) is 5.69 Å². The topological polar surface area (TPSA) is 71.3 Å². The molecule has 0 radical (unpaired) electrons. The largest absolute Gasteiger partial charge is 0.318 e. The summed E-state index contributed by atoms with van der Waals surface area (Å²) in [6, 6.07) is 10.5. The number of aromatic nitrogens is 2. The van der Waals surface area contributed by atoms with E-state index in [1.807, 2.05) is 29.1 Å². The van der Waals surface area contributed by atoms with Gasteiger partial charge in [0.1, 0.15) is 5.71 Å². The molecule has 2 heterocycles. The van der Waals surface area contributed by atoms with Gasteiger partial charge in [0.2, 0.25) is 0 Å². The van der Waals surface area contributed by atoms with Crippen molar-refractivity contribution in [2.45, 2.75) is 31.8 Å². The van der Waals surface area contributed by atoms with Crippen LogP contribution in [-0.4, -0.2) is 27.4 Å². The van der Waals surface area contributed by atoms with Crippen LogP contribution in [0.5, 0.6) is 0 Å². The van der Waals surface area contributed by atoms with Crippen molar-refractivity contribution in [3.05, 3.63) is 48.3 Å². The van der Waals surface area contributed by atoms with Crippen LogP contribution in [0, 0.1) is 17.8 Å². The lowest BCUT2D eigenvalue weighted by Gasteiger charge is -2.24. The highest BCUT2D eigenvalue weighted by Crippen LogP contribution is 2.54. The third kappa shape index (κ3) is 2.71. The molecule has 2 N–H and O–H groups in total. The molecule has 6 heteroatoms. The maximum atomic E-state index is 12.7. The van der Waals surface area contributed by atoms with Gasteiger partial charge in [-0.15, -0.1) is 0 Å². The molecule has 1 amide bonds. The van der Waals surface area contributed by atoms with E-state index in [1.165, 1.54) is 18.4 Å². The molecule has 2 fully saturated rings. The quantitative estimate of drug-likeness (QED) is 0.900. The van der Waals surface area contributed by atoms with Gasteiger partial charge >= 0.3 is 0 Å². The summed E-state index contributed by atoms with van der Waals surface area (Å²) < 4.78 is 1.83. The maximum absolute atomic E-state index is 12.7. The summed E-state index contributed by atoms with van der Waals surface area (Å²) in [5.41, 5.74) is 5.75. The first-order chi connectivity index (χ1) is 12.3. The molecule has 2 aliphatic carbocycles. The molecule has 2 saturated carbocycles. The van der Waals surface area contributed by atoms with Crippen molar-refractivity contribution < 1.29 is 4.79 Å². The number of hydrogen-bond acceptors (Lipinski definition) is 4. The third-order valence-electron chi connectivity index (χ3n) is 5.70. The molecule has 4 atom stereocenters. The zero-order valence-corrected chi connectivity index (χ0v) is 13.9. The molecule has 0 spiro atoms. The predicted octanol–water partition coefficient (Wildman–Crippen LogP) is 2.24. The molecule has 6 nitrogen and oxygen atoms in total. The Morgan fingerprint density at radius 1 is 1.28 bits per heavy atom. The first kappa shape index (κ1) is 14.7. The molecular weight excluding hydrogens is 314 g/mol. The molecule has 0 saturated heterocycles. The van der Waals surface area contributed by atoms with Crippen LogP contribution >= 0.6 is 0 Å². The van der Waals surface area contributed by atoms with Crippen molar-refractivity contribution in [3.63, 3.8) is 0 Å². The molecular formula is C19H21N5O. The fraction of sp³-hybridized carbons (Fsp3) is 0.421. The molecule has 128 valence electrons. The molecule has 1 aliphatic heterocycles. The Balaban J connectivity index is 1.26. The zero-order valence-electron chi connectivity index (χ0n) is 13.9. The second kappa shape index (κ2) is 5.72. The van der Waals surface area contributed by atoms with Crippen molar-refractivity contribution in [2.75, 3.05) is 5.32 Å². The smallest absolute Gasteiger partial charge is 0.272 e. The number of amides is 1. The van der Waals surface area contributed by atoms with Crippen LogP contribution in [-0.2, 0) is 11.3 Å². The highest BCUT2D eigenvalue weighted by atomic mass is 16.2. The molecule has 1 aromatic carbocycles. The van der Waals surface area contributed by atoms with Gasteiger partial charge < -0.3 is 10.7 Å². The number of hydrogen-bond donors (Lipinski definition) is 2. The average molecular weight is 335 g/mol. The van der Waals surface area contributed by atoms with E-state index < -0.39 is 0 Å². The SMILES string of the molecule is O=C(Nc1cnn(Cc2ccccc2)c1)C1=NNC2CCC3CC3C12. The number of carbonyl (C=O) groups excluding carboxylic acids is 1. The van der Waals surface area contributed by atoms with Crippen LogP contribution in [0.2, 0.25) is 0 Å². The Hall–Kier alpha value is -2.63. The molecule has 2 aromatic rings. The van der Waals surface area contributed by atoms with E-state index in [0.717, 1.165) is 18.0 Å². The van der Waals surface area contributed by atoms with Crippen LogP contribution < -0.4 is 10.7 Å². The molecule has 25 heavy (non-hydrogen) atoms. The first-order valence-corrected chi connectivity index (χ1v) is 8.99. The average Bonchev–Trinajstić information content (AvgIpc) is 3.08. The number of fused-ring (bicyclic) bond motifs is 3. The summed E-state index contributed by atoms with van der Waals surface area (Å²) in [4.78, 5) is 12.7. The monoisotopic (exact) mass is 335 g/mol. The summed E-state index contributed by atoms with van der Waals surface area (Å²) in [6.45, 7) is 0.688. The van der Waals surface area contributed by atoms with E-state index >= 15 is 0 Å². The van der Waals surface area contributed by atoms with Crippen LogP contribution in [0.15, 0.2) is 47.8 Å². The van der Waals surface area contributed by atoms with Crippen LogP contribution in [0.25, 0.3) is 0 Å². The Kier molecular flexibility index (Phi) is 3.36. The first-order valence-electron chi connectivity index (χ1n) is 8.99. The van der Waals surface area contributed by atoms with E-state index in [4.69, 9.17) is 0 Å². The highest BCUT2D eigenvalue weighted by Gasteiger charge is 2.54. The van der Waals surface area contributed by atoms with Gasteiger partial charge in [-0.3, -0.25) is 9.48 Å². The van der Waals surface area contributed by atoms with E-state index in [2.05, 4.69) is 33.1 Å². The van der Waals surface area contributed by atoms with Gasteiger partial charge in [-0.1, -0.05) is 30.3 Å². The standard InChI is InChI=1S/C19H21N5O/c25-19(18-17-15-8-13(15)6-7-16(17)22-23-18)21-14-9-20-24(11-14)10-12-4-2-1-3-5-12/h1-5,9,11,13,15-17,22H,6-8,10H2,(H,21,25). The molecule has 5 rings (SSSR count). The highest BCUT2D eigenvalue weighted by molar-refractivity contribution is 6.44. The van der Waals surface area contributed by atoms with E-state index in [1.54, 1.807) is 6.20 Å². The van der Waals surface area contributed by atoms with Crippen LogP contribution in [0.3, 0.4) is 0 Å². The van der Waals surface area contributed by atoms with Crippen molar-refractivity contribution in [3.8, 4) is 0 Å². The van der Waals surface area contributed by atoms with E-state index in [0.29, 0.717) is 24.2 Å². The van der Waals surface area contributed by atoms with Crippen molar-refractivity contribution in [1.82, 2.24) is 15.2 Å². The number of rotatable bonds is 4. The predicted molar refractivity (Wildman–Crippen MR) is 95.1 cm³/mol. The lowest BCUT2D eigenvalue weighted by Crippen LogP contribution is -2.38. The molecule has 0 bridgehead atoms. The minimum Gasteiger partial charge on any atom is -0.318 e. The summed E-state index contributed by atoms with van der Waals surface area (Å²) in [6.07, 6.45) is 7.22. The summed E-state index contributed by atoms with van der Waals surface area (Å²) in [7, 11) is 0. The number of hydrazone groups is 1. The lowest BCUT2D eigenvalue weighted by atomic mass is 9.82. The molecule has 4 unspecified atom stereocenters.